The highest BCUT2D eigenvalue weighted by atomic mass is 14.9. The molecular formula is C17H25N. The van der Waals surface area contributed by atoms with Crippen LogP contribution in [-0.4, -0.2) is 6.54 Å². The van der Waals surface area contributed by atoms with E-state index in [1.54, 1.807) is 0 Å². The Balaban J connectivity index is 1.51. The Morgan fingerprint density at radius 1 is 1.17 bits per heavy atom. The monoisotopic (exact) mass is 243 g/mol. The second-order valence-corrected chi connectivity index (χ2v) is 6.42. The third-order valence-corrected chi connectivity index (χ3v) is 5.32. The summed E-state index contributed by atoms with van der Waals surface area (Å²) in [6.45, 7) is 6.72. The Morgan fingerprint density at radius 2 is 2.06 bits per heavy atom. The third-order valence-electron chi connectivity index (χ3n) is 5.32. The molecule has 3 rings (SSSR count). The molecule has 1 aromatic rings. The predicted molar refractivity (Wildman–Crippen MR) is 76.6 cm³/mol. The lowest BCUT2D eigenvalue weighted by molar-refractivity contribution is 0.318. The highest BCUT2D eigenvalue weighted by Gasteiger charge is 2.38. The van der Waals surface area contributed by atoms with Crippen LogP contribution in [-0.2, 0) is 6.54 Å². The summed E-state index contributed by atoms with van der Waals surface area (Å²) in [5, 5.41) is 3.70. The molecule has 3 unspecified atom stereocenters. The van der Waals surface area contributed by atoms with Crippen molar-refractivity contribution in [1.29, 1.82) is 0 Å². The van der Waals surface area contributed by atoms with Crippen LogP contribution in [0.3, 0.4) is 0 Å². The fraction of sp³-hybridized carbons (Fsp3) is 0.647. The molecule has 98 valence electrons. The van der Waals surface area contributed by atoms with Gasteiger partial charge in [-0.05, 0) is 74.1 Å². The molecule has 1 N–H and O–H groups in total. The first-order valence-electron chi connectivity index (χ1n) is 7.50. The van der Waals surface area contributed by atoms with Crippen molar-refractivity contribution in [3.8, 4) is 0 Å². The van der Waals surface area contributed by atoms with Gasteiger partial charge in [-0.15, -0.1) is 0 Å². The van der Waals surface area contributed by atoms with Gasteiger partial charge < -0.3 is 5.32 Å². The van der Waals surface area contributed by atoms with Crippen molar-refractivity contribution in [2.75, 3.05) is 6.54 Å². The van der Waals surface area contributed by atoms with Crippen molar-refractivity contribution in [2.24, 2.45) is 17.8 Å². The minimum atomic E-state index is 0.967. The molecule has 3 atom stereocenters. The van der Waals surface area contributed by atoms with Crippen LogP contribution in [0.15, 0.2) is 18.2 Å². The number of aryl methyl sites for hydroxylation is 1. The molecule has 18 heavy (non-hydrogen) atoms. The normalized spacial score (nSPS) is 30.0. The number of hydrogen-bond acceptors (Lipinski definition) is 1. The molecule has 0 saturated heterocycles. The van der Waals surface area contributed by atoms with Crippen molar-refractivity contribution in [3.05, 3.63) is 34.9 Å². The molecule has 0 heterocycles. The molecule has 2 aliphatic rings. The van der Waals surface area contributed by atoms with Gasteiger partial charge in [-0.25, -0.2) is 0 Å². The van der Waals surface area contributed by atoms with Gasteiger partial charge in [0.25, 0.3) is 0 Å². The van der Waals surface area contributed by atoms with Crippen LogP contribution in [0.4, 0.5) is 0 Å². The third kappa shape index (κ3) is 2.33. The number of rotatable bonds is 4. The van der Waals surface area contributed by atoms with E-state index in [2.05, 4.69) is 37.4 Å². The van der Waals surface area contributed by atoms with E-state index >= 15 is 0 Å². The van der Waals surface area contributed by atoms with E-state index in [-0.39, 0.29) is 0 Å². The number of nitrogens with one attached hydrogen (secondary N) is 1. The zero-order valence-electron chi connectivity index (χ0n) is 11.7. The molecule has 0 aliphatic heterocycles. The Hall–Kier alpha value is -0.820. The Bertz CT molecular complexity index is 424. The van der Waals surface area contributed by atoms with Crippen LogP contribution in [0.2, 0.25) is 0 Å². The average Bonchev–Trinajstić information content (AvgIpc) is 2.97. The van der Waals surface area contributed by atoms with Gasteiger partial charge in [0.1, 0.15) is 0 Å². The van der Waals surface area contributed by atoms with Crippen LogP contribution in [0.5, 0.6) is 0 Å². The summed E-state index contributed by atoms with van der Waals surface area (Å²) in [6, 6.07) is 6.64. The first-order valence-corrected chi connectivity index (χ1v) is 7.50. The van der Waals surface area contributed by atoms with Gasteiger partial charge >= 0.3 is 0 Å². The summed E-state index contributed by atoms with van der Waals surface area (Å²) in [4.78, 5) is 0. The van der Waals surface area contributed by atoms with Gasteiger partial charge in [0.15, 0.2) is 0 Å². The van der Waals surface area contributed by atoms with Crippen LogP contribution in [0.1, 0.15) is 42.4 Å². The summed E-state index contributed by atoms with van der Waals surface area (Å²) in [7, 11) is 0. The topological polar surface area (TPSA) is 12.0 Å². The summed E-state index contributed by atoms with van der Waals surface area (Å²) < 4.78 is 0. The van der Waals surface area contributed by atoms with E-state index in [4.69, 9.17) is 0 Å². The molecule has 2 bridgehead atoms. The molecular weight excluding hydrogens is 218 g/mol. The van der Waals surface area contributed by atoms with E-state index in [0.29, 0.717) is 0 Å². The molecule has 1 heteroatoms. The first kappa shape index (κ1) is 12.2. The molecule has 2 saturated carbocycles. The minimum Gasteiger partial charge on any atom is -0.312 e. The van der Waals surface area contributed by atoms with E-state index in [9.17, 15) is 0 Å². The quantitative estimate of drug-likeness (QED) is 0.847. The van der Waals surface area contributed by atoms with Gasteiger partial charge in [0.2, 0.25) is 0 Å². The van der Waals surface area contributed by atoms with Crippen molar-refractivity contribution in [3.63, 3.8) is 0 Å². The summed E-state index contributed by atoms with van der Waals surface area (Å²) in [5.74, 6) is 3.08. The smallest absolute Gasteiger partial charge is 0.0208 e. The fourth-order valence-electron chi connectivity index (χ4n) is 4.02. The second kappa shape index (κ2) is 5.05. The highest BCUT2D eigenvalue weighted by Crippen LogP contribution is 2.47. The van der Waals surface area contributed by atoms with Gasteiger partial charge in [-0.2, -0.15) is 0 Å². The average molecular weight is 243 g/mol. The van der Waals surface area contributed by atoms with Crippen molar-refractivity contribution < 1.29 is 0 Å². The molecule has 2 aliphatic carbocycles. The van der Waals surface area contributed by atoms with E-state index in [1.807, 2.05) is 0 Å². The van der Waals surface area contributed by atoms with Crippen LogP contribution >= 0.6 is 0 Å². The molecule has 1 nitrogen and oxygen atoms in total. The SMILES string of the molecule is Cc1cccc(CNCC2CC3CCC2C3)c1C. The zero-order chi connectivity index (χ0) is 12.5. The largest absolute Gasteiger partial charge is 0.312 e. The minimum absolute atomic E-state index is 0.967. The standard InChI is InChI=1S/C17H25N/c1-12-4-3-5-16(13(12)2)10-18-11-17-9-14-6-7-15(17)8-14/h3-5,14-15,17-18H,6-11H2,1-2H3. The van der Waals surface area contributed by atoms with Crippen molar-refractivity contribution in [1.82, 2.24) is 5.32 Å². The fourth-order valence-corrected chi connectivity index (χ4v) is 4.02. The Morgan fingerprint density at radius 3 is 2.78 bits per heavy atom. The summed E-state index contributed by atoms with van der Waals surface area (Å²) in [6.07, 6.45) is 6.03. The maximum Gasteiger partial charge on any atom is 0.0208 e. The van der Waals surface area contributed by atoms with E-state index in [1.165, 1.54) is 48.9 Å². The van der Waals surface area contributed by atoms with Gasteiger partial charge in [-0.3, -0.25) is 0 Å². The maximum absolute atomic E-state index is 3.70. The molecule has 0 amide bonds. The van der Waals surface area contributed by atoms with Crippen LogP contribution in [0.25, 0.3) is 0 Å². The molecule has 0 spiro atoms. The predicted octanol–water partition coefficient (Wildman–Crippen LogP) is 3.83. The molecule has 0 aromatic heterocycles. The lowest BCUT2D eigenvalue weighted by atomic mass is 9.89. The maximum atomic E-state index is 3.70. The number of benzene rings is 1. The summed E-state index contributed by atoms with van der Waals surface area (Å²) >= 11 is 0. The van der Waals surface area contributed by atoms with Crippen LogP contribution in [0, 0.1) is 31.6 Å². The summed E-state index contributed by atoms with van der Waals surface area (Å²) in [5.41, 5.74) is 4.34. The second-order valence-electron chi connectivity index (χ2n) is 6.42. The Kier molecular flexibility index (Phi) is 3.43. The van der Waals surface area contributed by atoms with Crippen LogP contribution < -0.4 is 5.32 Å². The highest BCUT2D eigenvalue weighted by molar-refractivity contribution is 5.32. The lowest BCUT2D eigenvalue weighted by Gasteiger charge is -2.22. The van der Waals surface area contributed by atoms with Crippen molar-refractivity contribution >= 4 is 0 Å². The molecule has 2 fully saturated rings. The number of fused-ring (bicyclic) bond motifs is 2. The van der Waals surface area contributed by atoms with Gasteiger partial charge in [0.05, 0.1) is 0 Å². The number of hydrogen-bond donors (Lipinski definition) is 1. The first-order chi connectivity index (χ1) is 8.74. The van der Waals surface area contributed by atoms with E-state index < -0.39 is 0 Å². The van der Waals surface area contributed by atoms with Crippen molar-refractivity contribution in [2.45, 2.75) is 46.1 Å². The van der Waals surface area contributed by atoms with E-state index in [0.717, 1.165) is 24.3 Å². The Labute approximate surface area is 111 Å². The van der Waals surface area contributed by atoms with Gasteiger partial charge in [0, 0.05) is 6.54 Å². The lowest BCUT2D eigenvalue weighted by Crippen LogP contribution is -2.26. The zero-order valence-corrected chi connectivity index (χ0v) is 11.7. The molecule has 1 aromatic carbocycles. The van der Waals surface area contributed by atoms with Gasteiger partial charge in [-0.1, -0.05) is 24.6 Å². The molecule has 0 radical (unpaired) electrons.